The van der Waals surface area contributed by atoms with Gasteiger partial charge in [-0.1, -0.05) is 0 Å². The fourth-order valence-corrected chi connectivity index (χ4v) is 1.75. The molecular formula is C12H18N2O. The number of rotatable bonds is 4. The number of hydrogen-bond acceptors (Lipinski definition) is 3. The van der Waals surface area contributed by atoms with Gasteiger partial charge in [0.05, 0.1) is 6.61 Å². The molecule has 1 aromatic carbocycles. The summed E-state index contributed by atoms with van der Waals surface area (Å²) < 4.78 is 5.55. The highest BCUT2D eigenvalue weighted by atomic mass is 16.5. The summed E-state index contributed by atoms with van der Waals surface area (Å²) in [6.07, 6.45) is 3.08. The standard InChI is InChI=1S/C12H18N2O/c1-2-15-11-4-3-10(13)7-9(11)8-12(14)5-6-12/h3-4,7H,2,5-6,8,13-14H2,1H3. The molecular weight excluding hydrogens is 188 g/mol. The van der Waals surface area contributed by atoms with Crippen LogP contribution in [-0.4, -0.2) is 12.1 Å². The zero-order valence-electron chi connectivity index (χ0n) is 9.12. The van der Waals surface area contributed by atoms with Crippen LogP contribution in [0.1, 0.15) is 25.3 Å². The van der Waals surface area contributed by atoms with Crippen molar-refractivity contribution >= 4 is 5.69 Å². The monoisotopic (exact) mass is 206 g/mol. The molecule has 1 aliphatic carbocycles. The molecule has 1 aromatic rings. The minimum Gasteiger partial charge on any atom is -0.494 e. The average Bonchev–Trinajstić information content (AvgIpc) is 2.89. The zero-order valence-corrected chi connectivity index (χ0v) is 9.12. The minimum atomic E-state index is -0.000352. The number of nitrogen functional groups attached to an aromatic ring is 1. The Morgan fingerprint density at radius 3 is 2.73 bits per heavy atom. The Morgan fingerprint density at radius 2 is 2.13 bits per heavy atom. The van der Waals surface area contributed by atoms with Gasteiger partial charge in [-0.15, -0.1) is 0 Å². The van der Waals surface area contributed by atoms with Crippen LogP contribution in [0, 0.1) is 0 Å². The van der Waals surface area contributed by atoms with Crippen molar-refractivity contribution in [2.24, 2.45) is 5.73 Å². The van der Waals surface area contributed by atoms with E-state index in [0.29, 0.717) is 6.61 Å². The van der Waals surface area contributed by atoms with E-state index in [-0.39, 0.29) is 5.54 Å². The SMILES string of the molecule is CCOc1ccc(N)cc1CC1(N)CC1. The van der Waals surface area contributed by atoms with Crippen molar-refractivity contribution < 1.29 is 4.74 Å². The molecule has 0 amide bonds. The topological polar surface area (TPSA) is 61.3 Å². The molecule has 1 fully saturated rings. The molecule has 0 unspecified atom stereocenters. The van der Waals surface area contributed by atoms with Crippen molar-refractivity contribution in [2.45, 2.75) is 31.7 Å². The first kappa shape index (κ1) is 10.3. The number of anilines is 1. The fraction of sp³-hybridized carbons (Fsp3) is 0.500. The third-order valence-corrected chi connectivity index (χ3v) is 2.82. The summed E-state index contributed by atoms with van der Waals surface area (Å²) in [5.41, 5.74) is 13.8. The van der Waals surface area contributed by atoms with E-state index in [1.807, 2.05) is 25.1 Å². The lowest BCUT2D eigenvalue weighted by atomic mass is 10.0. The Bertz CT molecular complexity index is 359. The highest BCUT2D eigenvalue weighted by molar-refractivity contribution is 5.48. The van der Waals surface area contributed by atoms with Crippen molar-refractivity contribution in [1.29, 1.82) is 0 Å². The Morgan fingerprint density at radius 1 is 1.40 bits per heavy atom. The molecule has 0 saturated heterocycles. The van der Waals surface area contributed by atoms with Crippen LogP contribution in [0.2, 0.25) is 0 Å². The summed E-state index contributed by atoms with van der Waals surface area (Å²) in [6, 6.07) is 5.77. The van der Waals surface area contributed by atoms with Gasteiger partial charge in [0.2, 0.25) is 0 Å². The molecule has 0 radical (unpaired) electrons. The van der Waals surface area contributed by atoms with Crippen LogP contribution in [0.25, 0.3) is 0 Å². The third-order valence-electron chi connectivity index (χ3n) is 2.82. The molecule has 0 atom stereocenters. The number of benzene rings is 1. The lowest BCUT2D eigenvalue weighted by molar-refractivity contribution is 0.335. The van der Waals surface area contributed by atoms with Crippen LogP contribution in [0.15, 0.2) is 18.2 Å². The van der Waals surface area contributed by atoms with Gasteiger partial charge >= 0.3 is 0 Å². The Hall–Kier alpha value is -1.22. The molecule has 3 heteroatoms. The number of ether oxygens (including phenoxy) is 1. The predicted octanol–water partition coefficient (Wildman–Crippen LogP) is 1.70. The lowest BCUT2D eigenvalue weighted by Crippen LogP contribution is -2.24. The molecule has 1 saturated carbocycles. The van der Waals surface area contributed by atoms with Crippen LogP contribution < -0.4 is 16.2 Å². The van der Waals surface area contributed by atoms with E-state index in [1.165, 1.54) is 0 Å². The second kappa shape index (κ2) is 3.74. The first-order valence-electron chi connectivity index (χ1n) is 5.43. The highest BCUT2D eigenvalue weighted by Gasteiger charge is 2.38. The molecule has 0 aromatic heterocycles. The summed E-state index contributed by atoms with van der Waals surface area (Å²) in [6.45, 7) is 2.66. The van der Waals surface area contributed by atoms with E-state index in [4.69, 9.17) is 16.2 Å². The second-order valence-electron chi connectivity index (χ2n) is 4.34. The van der Waals surface area contributed by atoms with Crippen LogP contribution in [0.3, 0.4) is 0 Å². The van der Waals surface area contributed by atoms with E-state index in [0.717, 1.165) is 36.3 Å². The van der Waals surface area contributed by atoms with Crippen LogP contribution in [-0.2, 0) is 6.42 Å². The molecule has 15 heavy (non-hydrogen) atoms. The molecule has 3 nitrogen and oxygen atoms in total. The van der Waals surface area contributed by atoms with Crippen LogP contribution >= 0.6 is 0 Å². The Labute approximate surface area is 90.4 Å². The van der Waals surface area contributed by atoms with Crippen molar-refractivity contribution in [3.05, 3.63) is 23.8 Å². The van der Waals surface area contributed by atoms with E-state index in [1.54, 1.807) is 0 Å². The maximum absolute atomic E-state index is 6.10. The van der Waals surface area contributed by atoms with Gasteiger partial charge in [-0.05, 0) is 49.9 Å². The molecule has 82 valence electrons. The van der Waals surface area contributed by atoms with Gasteiger partial charge in [0, 0.05) is 11.2 Å². The van der Waals surface area contributed by atoms with E-state index >= 15 is 0 Å². The van der Waals surface area contributed by atoms with Crippen molar-refractivity contribution in [3.8, 4) is 5.75 Å². The quantitative estimate of drug-likeness (QED) is 0.737. The highest BCUT2D eigenvalue weighted by Crippen LogP contribution is 2.38. The number of nitrogens with two attached hydrogens (primary N) is 2. The molecule has 2 rings (SSSR count). The normalized spacial score (nSPS) is 17.5. The lowest BCUT2D eigenvalue weighted by Gasteiger charge is -2.14. The van der Waals surface area contributed by atoms with Gasteiger partial charge in [0.1, 0.15) is 5.75 Å². The van der Waals surface area contributed by atoms with Crippen LogP contribution in [0.4, 0.5) is 5.69 Å². The van der Waals surface area contributed by atoms with Gasteiger partial charge in [-0.25, -0.2) is 0 Å². The van der Waals surface area contributed by atoms with Gasteiger partial charge in [0.15, 0.2) is 0 Å². The minimum absolute atomic E-state index is 0.000352. The summed E-state index contributed by atoms with van der Waals surface area (Å²) in [4.78, 5) is 0. The van der Waals surface area contributed by atoms with Gasteiger partial charge in [0.25, 0.3) is 0 Å². The smallest absolute Gasteiger partial charge is 0.122 e. The zero-order chi connectivity index (χ0) is 10.9. The van der Waals surface area contributed by atoms with Gasteiger partial charge < -0.3 is 16.2 Å². The molecule has 4 N–H and O–H groups in total. The molecule has 0 bridgehead atoms. The fourth-order valence-electron chi connectivity index (χ4n) is 1.75. The Kier molecular flexibility index (Phi) is 2.57. The molecule has 1 aliphatic rings. The second-order valence-corrected chi connectivity index (χ2v) is 4.34. The van der Waals surface area contributed by atoms with Crippen molar-refractivity contribution in [1.82, 2.24) is 0 Å². The summed E-state index contributed by atoms with van der Waals surface area (Å²) in [5, 5.41) is 0. The number of hydrogen-bond donors (Lipinski definition) is 2. The van der Waals surface area contributed by atoms with Gasteiger partial charge in [-0.3, -0.25) is 0 Å². The first-order chi connectivity index (χ1) is 7.13. The van der Waals surface area contributed by atoms with Gasteiger partial charge in [-0.2, -0.15) is 0 Å². The van der Waals surface area contributed by atoms with E-state index in [9.17, 15) is 0 Å². The van der Waals surface area contributed by atoms with E-state index < -0.39 is 0 Å². The first-order valence-corrected chi connectivity index (χ1v) is 5.43. The maximum atomic E-state index is 6.10. The Balaban J connectivity index is 2.21. The summed E-state index contributed by atoms with van der Waals surface area (Å²) in [7, 11) is 0. The average molecular weight is 206 g/mol. The van der Waals surface area contributed by atoms with Crippen LogP contribution in [0.5, 0.6) is 5.75 Å². The maximum Gasteiger partial charge on any atom is 0.122 e. The van der Waals surface area contributed by atoms with Crippen molar-refractivity contribution in [2.75, 3.05) is 12.3 Å². The summed E-state index contributed by atoms with van der Waals surface area (Å²) in [5.74, 6) is 0.920. The summed E-state index contributed by atoms with van der Waals surface area (Å²) >= 11 is 0. The van der Waals surface area contributed by atoms with Crippen molar-refractivity contribution in [3.63, 3.8) is 0 Å². The molecule has 0 spiro atoms. The van der Waals surface area contributed by atoms with E-state index in [2.05, 4.69) is 0 Å². The largest absolute Gasteiger partial charge is 0.494 e. The third kappa shape index (κ3) is 2.42. The molecule has 0 aliphatic heterocycles. The predicted molar refractivity (Wildman–Crippen MR) is 61.9 cm³/mol. The molecule has 0 heterocycles.